The molecule has 0 atom stereocenters. The highest BCUT2D eigenvalue weighted by molar-refractivity contribution is 9.10. The van der Waals surface area contributed by atoms with Crippen LogP contribution in [0.3, 0.4) is 0 Å². The van der Waals surface area contributed by atoms with E-state index in [1.165, 1.54) is 6.21 Å². The number of carbonyl (C=O) groups is 2. The molecule has 0 saturated heterocycles. The van der Waals surface area contributed by atoms with Gasteiger partial charge in [-0.15, -0.1) is 0 Å². The number of nitrogens with one attached hydrogen (secondary N) is 1. The third-order valence-electron chi connectivity index (χ3n) is 4.73. The van der Waals surface area contributed by atoms with E-state index >= 15 is 0 Å². The van der Waals surface area contributed by atoms with Gasteiger partial charge in [0.15, 0.2) is 6.61 Å². The van der Waals surface area contributed by atoms with E-state index in [1.807, 2.05) is 31.2 Å². The molecule has 3 rings (SSSR count). The average Bonchev–Trinajstić information content (AvgIpc) is 2.79. The second-order valence-corrected chi connectivity index (χ2v) is 8.63. The van der Waals surface area contributed by atoms with Crippen LogP contribution < -0.4 is 14.9 Å². The predicted octanol–water partition coefficient (Wildman–Crippen LogP) is 5.63. The van der Waals surface area contributed by atoms with Gasteiger partial charge in [0.25, 0.3) is 5.91 Å². The van der Waals surface area contributed by atoms with Gasteiger partial charge in [-0.2, -0.15) is 5.10 Å². The second kappa shape index (κ2) is 11.4. The van der Waals surface area contributed by atoms with Gasteiger partial charge in [-0.3, -0.25) is 4.79 Å². The van der Waals surface area contributed by atoms with E-state index in [4.69, 9.17) is 9.47 Å². The molecule has 33 heavy (non-hydrogen) atoms. The summed E-state index contributed by atoms with van der Waals surface area (Å²) in [4.78, 5) is 24.6. The van der Waals surface area contributed by atoms with E-state index < -0.39 is 11.9 Å². The Balaban J connectivity index is 1.63. The fourth-order valence-corrected chi connectivity index (χ4v) is 3.42. The zero-order chi connectivity index (χ0) is 23.8. The summed E-state index contributed by atoms with van der Waals surface area (Å²) in [6.07, 6.45) is 1.42. The third kappa shape index (κ3) is 7.02. The first-order valence-corrected chi connectivity index (χ1v) is 11.2. The Morgan fingerprint density at radius 2 is 1.79 bits per heavy atom. The van der Waals surface area contributed by atoms with Crippen molar-refractivity contribution in [2.24, 2.45) is 5.10 Å². The van der Waals surface area contributed by atoms with E-state index in [9.17, 15) is 9.59 Å². The van der Waals surface area contributed by atoms with Crippen molar-refractivity contribution in [3.8, 4) is 11.5 Å². The summed E-state index contributed by atoms with van der Waals surface area (Å²) in [5.41, 5.74) is 5.50. The summed E-state index contributed by atoms with van der Waals surface area (Å²) in [6, 6.07) is 19.8. The van der Waals surface area contributed by atoms with Crippen LogP contribution in [0.25, 0.3) is 0 Å². The van der Waals surface area contributed by atoms with Crippen molar-refractivity contribution in [1.82, 2.24) is 5.43 Å². The molecule has 1 N–H and O–H groups in total. The summed E-state index contributed by atoms with van der Waals surface area (Å²) in [5.74, 6) is 0.397. The van der Waals surface area contributed by atoms with Crippen LogP contribution in [0.1, 0.15) is 46.8 Å². The highest BCUT2D eigenvalue weighted by Gasteiger charge is 2.12. The Bertz CT molecular complexity index is 1160. The van der Waals surface area contributed by atoms with E-state index in [-0.39, 0.29) is 12.5 Å². The summed E-state index contributed by atoms with van der Waals surface area (Å²) >= 11 is 3.39. The first kappa shape index (κ1) is 24.2. The van der Waals surface area contributed by atoms with Crippen LogP contribution in [0.5, 0.6) is 11.5 Å². The predicted molar refractivity (Wildman–Crippen MR) is 132 cm³/mol. The smallest absolute Gasteiger partial charge is 0.343 e. The molecule has 0 radical (unpaired) electrons. The number of ether oxygens (including phenoxy) is 2. The first-order valence-electron chi connectivity index (χ1n) is 10.5. The minimum Gasteiger partial charge on any atom is -0.483 e. The van der Waals surface area contributed by atoms with Crippen molar-refractivity contribution in [3.63, 3.8) is 0 Å². The van der Waals surface area contributed by atoms with Gasteiger partial charge >= 0.3 is 5.97 Å². The highest BCUT2D eigenvalue weighted by atomic mass is 79.9. The number of amides is 1. The number of hydrogen-bond donors (Lipinski definition) is 1. The van der Waals surface area contributed by atoms with Gasteiger partial charge in [0.05, 0.1) is 11.8 Å². The molecule has 0 aromatic heterocycles. The van der Waals surface area contributed by atoms with Crippen LogP contribution >= 0.6 is 15.9 Å². The molecule has 3 aromatic rings. The Kier molecular flexibility index (Phi) is 8.38. The van der Waals surface area contributed by atoms with Crippen LogP contribution in [0, 0.1) is 6.92 Å². The van der Waals surface area contributed by atoms with E-state index in [1.54, 1.807) is 42.5 Å². The van der Waals surface area contributed by atoms with Gasteiger partial charge in [-0.05, 0) is 60.4 Å². The van der Waals surface area contributed by atoms with Crippen molar-refractivity contribution in [2.75, 3.05) is 6.61 Å². The van der Waals surface area contributed by atoms with Crippen LogP contribution in [0.2, 0.25) is 0 Å². The molecule has 170 valence electrons. The normalized spacial score (nSPS) is 10.9. The molecule has 0 saturated carbocycles. The average molecular weight is 509 g/mol. The van der Waals surface area contributed by atoms with E-state index in [0.29, 0.717) is 22.6 Å². The minimum atomic E-state index is -0.482. The minimum absolute atomic E-state index is 0.172. The number of benzene rings is 3. The Morgan fingerprint density at radius 3 is 2.52 bits per heavy atom. The number of esters is 1. The van der Waals surface area contributed by atoms with E-state index in [0.717, 1.165) is 15.6 Å². The number of aryl methyl sites for hydroxylation is 1. The quantitative estimate of drug-likeness (QED) is 0.185. The lowest BCUT2D eigenvalue weighted by atomic mass is 10.0. The lowest BCUT2D eigenvalue weighted by Gasteiger charge is -2.14. The van der Waals surface area contributed by atoms with Crippen molar-refractivity contribution < 1.29 is 19.1 Å². The second-order valence-electron chi connectivity index (χ2n) is 7.72. The molecule has 0 aliphatic carbocycles. The van der Waals surface area contributed by atoms with Crippen molar-refractivity contribution >= 4 is 34.0 Å². The first-order chi connectivity index (χ1) is 15.8. The maximum Gasteiger partial charge on any atom is 0.343 e. The topological polar surface area (TPSA) is 77.0 Å². The molecule has 6 nitrogen and oxygen atoms in total. The third-order valence-corrected chi connectivity index (χ3v) is 5.22. The molecular weight excluding hydrogens is 484 g/mol. The largest absolute Gasteiger partial charge is 0.483 e. The van der Waals surface area contributed by atoms with Crippen LogP contribution in [0.4, 0.5) is 0 Å². The lowest BCUT2D eigenvalue weighted by molar-refractivity contribution is -0.123. The Morgan fingerprint density at radius 1 is 1.03 bits per heavy atom. The van der Waals surface area contributed by atoms with Gasteiger partial charge in [-0.25, -0.2) is 10.2 Å². The standard InChI is InChI=1S/C26H25BrN2O4/c1-17(2)22-11-9-18(3)13-24(22)32-16-25(30)29-28-15-20-14-21(27)10-12-23(20)33-26(31)19-7-5-4-6-8-19/h4-15,17H,16H2,1-3H3,(H,29,30)/b28-15-. The lowest BCUT2D eigenvalue weighted by Crippen LogP contribution is -2.25. The molecule has 0 aliphatic rings. The van der Waals surface area contributed by atoms with E-state index in [2.05, 4.69) is 40.3 Å². The van der Waals surface area contributed by atoms with Gasteiger partial charge in [0, 0.05) is 10.0 Å². The Hall–Kier alpha value is -3.45. The molecule has 0 fully saturated rings. The Labute approximate surface area is 201 Å². The number of hydrogen-bond acceptors (Lipinski definition) is 5. The number of carbonyl (C=O) groups excluding carboxylic acids is 2. The van der Waals surface area contributed by atoms with Gasteiger partial charge < -0.3 is 9.47 Å². The van der Waals surface area contributed by atoms with Crippen LogP contribution in [-0.2, 0) is 4.79 Å². The van der Waals surface area contributed by atoms with Gasteiger partial charge in [-0.1, -0.05) is 60.1 Å². The summed E-state index contributed by atoms with van der Waals surface area (Å²) < 4.78 is 12.0. The molecule has 0 heterocycles. The van der Waals surface area contributed by atoms with Gasteiger partial charge in [0.1, 0.15) is 11.5 Å². The molecule has 0 aliphatic heterocycles. The zero-order valence-corrected chi connectivity index (χ0v) is 20.3. The molecule has 7 heteroatoms. The van der Waals surface area contributed by atoms with Crippen molar-refractivity contribution in [2.45, 2.75) is 26.7 Å². The molecule has 0 bridgehead atoms. The zero-order valence-electron chi connectivity index (χ0n) is 18.7. The molecule has 0 spiro atoms. The molecule has 1 amide bonds. The maximum absolute atomic E-state index is 12.4. The fraction of sp³-hybridized carbons (Fsp3) is 0.192. The van der Waals surface area contributed by atoms with Crippen LogP contribution in [0.15, 0.2) is 76.3 Å². The summed E-state index contributed by atoms with van der Waals surface area (Å²) in [5, 5.41) is 3.99. The number of halogens is 1. The maximum atomic E-state index is 12.4. The highest BCUT2D eigenvalue weighted by Crippen LogP contribution is 2.27. The molecule has 3 aromatic carbocycles. The summed E-state index contributed by atoms with van der Waals surface area (Å²) in [7, 11) is 0. The molecule has 0 unspecified atom stereocenters. The fourth-order valence-electron chi connectivity index (χ4n) is 3.04. The SMILES string of the molecule is Cc1ccc(C(C)C)c(OCC(=O)N/N=C\c2cc(Br)ccc2OC(=O)c2ccccc2)c1. The van der Waals surface area contributed by atoms with Gasteiger partial charge in [0.2, 0.25) is 0 Å². The monoisotopic (exact) mass is 508 g/mol. The summed E-state index contributed by atoms with van der Waals surface area (Å²) in [6.45, 7) is 5.94. The molecular formula is C26H25BrN2O4. The van der Waals surface area contributed by atoms with Crippen LogP contribution in [-0.4, -0.2) is 24.7 Å². The van der Waals surface area contributed by atoms with Crippen molar-refractivity contribution in [3.05, 3.63) is 93.5 Å². The number of nitrogens with zero attached hydrogens (tertiary/aromatic N) is 1. The number of rotatable bonds is 8. The van der Waals surface area contributed by atoms with Crippen molar-refractivity contribution in [1.29, 1.82) is 0 Å². The number of hydrazone groups is 1.